The van der Waals surface area contributed by atoms with Gasteiger partial charge in [-0.2, -0.15) is 0 Å². The van der Waals surface area contributed by atoms with Crippen LogP contribution in [0, 0.1) is 0 Å². The number of likely N-dealkylation sites (tertiary alicyclic amines) is 1. The molecule has 178 valence electrons. The Kier molecular flexibility index (Phi) is 6.97. The van der Waals surface area contributed by atoms with Crippen molar-refractivity contribution < 1.29 is 19.4 Å². The van der Waals surface area contributed by atoms with Crippen LogP contribution < -0.4 is 4.74 Å². The van der Waals surface area contributed by atoms with Crippen LogP contribution in [-0.4, -0.2) is 66.5 Å². The Bertz CT molecular complexity index is 1130. The Morgan fingerprint density at radius 2 is 1.74 bits per heavy atom. The van der Waals surface area contributed by atoms with Crippen LogP contribution in [0.2, 0.25) is 0 Å². The van der Waals surface area contributed by atoms with E-state index < -0.39 is 6.10 Å². The highest BCUT2D eigenvalue weighted by Crippen LogP contribution is 2.30. The number of ether oxygens (including phenoxy) is 2. The number of benzene rings is 3. The Morgan fingerprint density at radius 3 is 2.53 bits per heavy atom. The maximum Gasteiger partial charge on any atom is 0.410 e. The van der Waals surface area contributed by atoms with Gasteiger partial charge in [-0.1, -0.05) is 60.7 Å². The number of piperidine rings is 1. The van der Waals surface area contributed by atoms with Gasteiger partial charge in [0.1, 0.15) is 25.1 Å². The van der Waals surface area contributed by atoms with Crippen molar-refractivity contribution in [3.8, 4) is 5.75 Å². The van der Waals surface area contributed by atoms with E-state index in [2.05, 4.69) is 47.4 Å². The van der Waals surface area contributed by atoms with E-state index in [1.54, 1.807) is 4.90 Å². The second kappa shape index (κ2) is 10.5. The lowest BCUT2D eigenvalue weighted by Crippen LogP contribution is -2.40. The van der Waals surface area contributed by atoms with Gasteiger partial charge in [-0.05, 0) is 54.3 Å². The van der Waals surface area contributed by atoms with Gasteiger partial charge in [0.15, 0.2) is 0 Å². The highest BCUT2D eigenvalue weighted by molar-refractivity contribution is 5.83. The van der Waals surface area contributed by atoms with Crippen LogP contribution in [0.4, 0.5) is 4.79 Å². The fourth-order valence-electron chi connectivity index (χ4n) is 5.00. The molecule has 1 atom stereocenters. The summed E-state index contributed by atoms with van der Waals surface area (Å²) in [7, 11) is 0. The van der Waals surface area contributed by atoms with E-state index in [0.29, 0.717) is 37.9 Å². The molecule has 0 radical (unpaired) electrons. The number of aliphatic hydroxyl groups is 1. The van der Waals surface area contributed by atoms with Crippen LogP contribution in [-0.2, 0) is 11.3 Å². The quantitative estimate of drug-likeness (QED) is 0.540. The van der Waals surface area contributed by atoms with Gasteiger partial charge in [-0.3, -0.25) is 0 Å². The summed E-state index contributed by atoms with van der Waals surface area (Å²) in [6.07, 6.45) is 1.34. The van der Waals surface area contributed by atoms with Crippen LogP contribution in [0.25, 0.3) is 10.8 Å². The summed E-state index contributed by atoms with van der Waals surface area (Å²) in [6, 6.07) is 23.0. The fraction of sp³-hybridized carbons (Fsp3) is 0.393. The number of fused-ring (bicyclic) bond motifs is 1. The highest BCUT2D eigenvalue weighted by atomic mass is 16.6. The smallest absolute Gasteiger partial charge is 0.410 e. The number of hydrogen-bond acceptors (Lipinski definition) is 5. The van der Waals surface area contributed by atoms with Crippen molar-refractivity contribution in [1.82, 2.24) is 9.80 Å². The summed E-state index contributed by atoms with van der Waals surface area (Å²) in [4.78, 5) is 15.8. The van der Waals surface area contributed by atoms with Crippen molar-refractivity contribution in [2.45, 2.75) is 31.4 Å². The molecule has 6 heteroatoms. The second-order valence-corrected chi connectivity index (χ2v) is 9.29. The first kappa shape index (κ1) is 22.7. The maximum absolute atomic E-state index is 11.8. The van der Waals surface area contributed by atoms with E-state index in [1.807, 2.05) is 24.3 Å². The van der Waals surface area contributed by atoms with E-state index in [4.69, 9.17) is 9.47 Å². The van der Waals surface area contributed by atoms with E-state index in [0.717, 1.165) is 31.5 Å². The molecule has 2 aliphatic heterocycles. The molecule has 3 aromatic carbocycles. The van der Waals surface area contributed by atoms with Gasteiger partial charge >= 0.3 is 6.09 Å². The molecular formula is C28H32N2O4. The predicted octanol–water partition coefficient (Wildman–Crippen LogP) is 4.41. The van der Waals surface area contributed by atoms with E-state index >= 15 is 0 Å². The first-order chi connectivity index (χ1) is 16.7. The van der Waals surface area contributed by atoms with Crippen molar-refractivity contribution in [1.29, 1.82) is 0 Å². The third-order valence-corrected chi connectivity index (χ3v) is 6.91. The molecule has 0 unspecified atom stereocenters. The zero-order chi connectivity index (χ0) is 23.3. The number of aliphatic hydroxyl groups excluding tert-OH is 1. The van der Waals surface area contributed by atoms with Gasteiger partial charge in [0.2, 0.25) is 0 Å². The first-order valence-electron chi connectivity index (χ1n) is 12.2. The fourth-order valence-corrected chi connectivity index (χ4v) is 5.00. The summed E-state index contributed by atoms with van der Waals surface area (Å²) < 4.78 is 11.0. The molecule has 3 aromatic rings. The molecule has 1 N–H and O–H groups in total. The minimum absolute atomic E-state index is 0.228. The number of carbonyl (C=O) groups excluding carboxylic acids is 1. The molecule has 1 amide bonds. The summed E-state index contributed by atoms with van der Waals surface area (Å²) >= 11 is 0. The molecule has 2 heterocycles. The van der Waals surface area contributed by atoms with Gasteiger partial charge < -0.3 is 24.4 Å². The van der Waals surface area contributed by atoms with Crippen LogP contribution in [0.3, 0.4) is 0 Å². The minimum Gasteiger partial charge on any atom is -0.490 e. The second-order valence-electron chi connectivity index (χ2n) is 9.29. The third kappa shape index (κ3) is 5.34. The zero-order valence-corrected chi connectivity index (χ0v) is 19.4. The molecule has 5 rings (SSSR count). The first-order valence-corrected chi connectivity index (χ1v) is 12.2. The van der Waals surface area contributed by atoms with Crippen molar-refractivity contribution in [3.05, 3.63) is 77.9 Å². The predicted molar refractivity (Wildman–Crippen MR) is 132 cm³/mol. The lowest BCUT2D eigenvalue weighted by Gasteiger charge is -2.33. The Morgan fingerprint density at radius 1 is 0.971 bits per heavy atom. The number of nitrogens with zero attached hydrogens (tertiary/aromatic N) is 2. The number of β-amino-alcohol motifs (C(OH)–C–C–N with tert-alkyl or cyclic N) is 1. The van der Waals surface area contributed by atoms with Crippen molar-refractivity contribution in [2.24, 2.45) is 0 Å². The molecule has 0 aromatic heterocycles. The van der Waals surface area contributed by atoms with Gasteiger partial charge in [-0.25, -0.2) is 4.79 Å². The normalized spacial score (nSPS) is 18.3. The largest absolute Gasteiger partial charge is 0.490 e. The molecule has 34 heavy (non-hydrogen) atoms. The third-order valence-electron chi connectivity index (χ3n) is 6.91. The van der Waals surface area contributed by atoms with Crippen molar-refractivity contribution in [3.63, 3.8) is 0 Å². The van der Waals surface area contributed by atoms with Crippen LogP contribution in [0.5, 0.6) is 5.75 Å². The number of cyclic esters (lactones) is 1. The zero-order valence-electron chi connectivity index (χ0n) is 19.4. The Hall–Kier alpha value is -3.09. The standard InChI is InChI=1S/C28H32N2O4/c31-26(20-34-27-8-4-3-7-25(27)18-30-15-16-33-28(30)32)19-29-13-11-22(12-14-29)24-10-9-21-5-1-2-6-23(21)17-24/h1-10,17,22,26,31H,11-16,18-20H2/t26-/m0/s1. The molecule has 0 spiro atoms. The van der Waals surface area contributed by atoms with Crippen molar-refractivity contribution in [2.75, 3.05) is 39.4 Å². The molecular weight excluding hydrogens is 428 g/mol. The molecule has 2 saturated heterocycles. The molecule has 0 saturated carbocycles. The monoisotopic (exact) mass is 460 g/mol. The summed E-state index contributed by atoms with van der Waals surface area (Å²) in [5.74, 6) is 1.27. The van der Waals surface area contributed by atoms with E-state index in [9.17, 15) is 9.90 Å². The SMILES string of the molecule is O=C1OCCN1Cc1ccccc1OC[C@@H](O)CN1CCC(c2ccc3ccccc3c2)CC1. The number of para-hydroxylation sites is 1. The van der Waals surface area contributed by atoms with E-state index in [-0.39, 0.29) is 12.7 Å². The van der Waals surface area contributed by atoms with Crippen molar-refractivity contribution >= 4 is 16.9 Å². The lowest BCUT2D eigenvalue weighted by atomic mass is 9.88. The molecule has 0 bridgehead atoms. The van der Waals surface area contributed by atoms with Gasteiger partial charge in [0, 0.05) is 12.1 Å². The molecule has 6 nitrogen and oxygen atoms in total. The van der Waals surface area contributed by atoms with Crippen LogP contribution in [0.1, 0.15) is 29.9 Å². The minimum atomic E-state index is -0.568. The molecule has 2 fully saturated rings. The number of amides is 1. The summed E-state index contributed by atoms with van der Waals surface area (Å²) in [6.45, 7) is 4.25. The number of carbonyl (C=O) groups is 1. The lowest BCUT2D eigenvalue weighted by molar-refractivity contribution is 0.0589. The Labute approximate surface area is 200 Å². The van der Waals surface area contributed by atoms with E-state index in [1.165, 1.54) is 16.3 Å². The van der Waals surface area contributed by atoms with Gasteiger partial charge in [0.25, 0.3) is 0 Å². The molecule has 2 aliphatic rings. The van der Waals surface area contributed by atoms with Gasteiger partial charge in [0.05, 0.1) is 13.1 Å². The highest BCUT2D eigenvalue weighted by Gasteiger charge is 2.24. The average Bonchev–Trinajstić information content (AvgIpc) is 3.28. The number of rotatable bonds is 8. The Balaban J connectivity index is 1.10. The topological polar surface area (TPSA) is 62.2 Å². The summed E-state index contributed by atoms with van der Waals surface area (Å²) in [5, 5.41) is 13.2. The van der Waals surface area contributed by atoms with Gasteiger partial charge in [-0.15, -0.1) is 0 Å². The number of hydrogen-bond donors (Lipinski definition) is 1. The van der Waals surface area contributed by atoms with Crippen LogP contribution in [0.15, 0.2) is 66.7 Å². The molecule has 0 aliphatic carbocycles. The summed E-state index contributed by atoms with van der Waals surface area (Å²) in [5.41, 5.74) is 2.34. The average molecular weight is 461 g/mol. The maximum atomic E-state index is 11.8. The van der Waals surface area contributed by atoms with Crippen LogP contribution >= 0.6 is 0 Å².